The van der Waals surface area contributed by atoms with Crippen molar-refractivity contribution < 1.29 is 9.65 Å². The van der Waals surface area contributed by atoms with Gasteiger partial charge >= 0.3 is 0 Å². The van der Waals surface area contributed by atoms with E-state index in [0.717, 1.165) is 4.73 Å². The summed E-state index contributed by atoms with van der Waals surface area (Å²) in [6.45, 7) is 0. The molecule has 0 spiro atoms. The van der Waals surface area contributed by atoms with Gasteiger partial charge in [-0.25, -0.2) is 4.98 Å². The van der Waals surface area contributed by atoms with Crippen LogP contribution in [0.15, 0.2) is 18.2 Å². The lowest BCUT2D eigenvalue weighted by Crippen LogP contribution is -2.34. The van der Waals surface area contributed by atoms with Crippen molar-refractivity contribution in [1.82, 2.24) is 4.98 Å². The van der Waals surface area contributed by atoms with Crippen LogP contribution in [0.3, 0.4) is 0 Å². The summed E-state index contributed by atoms with van der Waals surface area (Å²) in [6, 6.07) is 4.01. The molecule has 18 heavy (non-hydrogen) atoms. The number of hydrogen-bond acceptors (Lipinski definition) is 4. The minimum Gasteiger partial charge on any atom is -0.618 e. The van der Waals surface area contributed by atoms with Crippen LogP contribution in [0, 0.1) is 15.3 Å². The molecule has 0 saturated heterocycles. The van der Waals surface area contributed by atoms with E-state index < -0.39 is 4.92 Å². The molecular weight excluding hydrogens is 370 g/mol. The highest BCUT2D eigenvalue weighted by Gasteiger charge is 2.19. The smallest absolute Gasteiger partial charge is 0.272 e. The van der Waals surface area contributed by atoms with Crippen LogP contribution in [0.25, 0.3) is 11.0 Å². The fourth-order valence-corrected chi connectivity index (χ4v) is 2.60. The highest BCUT2D eigenvalue weighted by Crippen LogP contribution is 2.20. The van der Waals surface area contributed by atoms with Crippen molar-refractivity contribution in [2.24, 2.45) is 0 Å². The van der Waals surface area contributed by atoms with Crippen LogP contribution in [-0.2, 0) is 10.7 Å². The number of aromatic nitrogens is 2. The van der Waals surface area contributed by atoms with Crippen LogP contribution < -0.4 is 4.73 Å². The second-order valence-corrected chi connectivity index (χ2v) is 4.62. The number of fused-ring (bicyclic) bond motifs is 1. The van der Waals surface area contributed by atoms with Gasteiger partial charge in [0.25, 0.3) is 5.69 Å². The first-order valence-corrected chi connectivity index (χ1v) is 7.14. The normalized spacial score (nSPS) is 10.8. The van der Waals surface area contributed by atoms with E-state index in [9.17, 15) is 15.3 Å². The quantitative estimate of drug-likeness (QED) is 0.271. The van der Waals surface area contributed by atoms with Crippen LogP contribution in [0.4, 0.5) is 5.69 Å². The predicted octanol–water partition coefficient (Wildman–Crippen LogP) is 2.57. The second-order valence-electron chi connectivity index (χ2n) is 3.50. The van der Waals surface area contributed by atoms with Gasteiger partial charge in [-0.3, -0.25) is 10.1 Å². The third-order valence-corrected chi connectivity index (χ3v) is 3.54. The Hall–Kier alpha value is -1.28. The Morgan fingerprint density at radius 3 is 2.61 bits per heavy atom. The van der Waals surface area contributed by atoms with E-state index in [-0.39, 0.29) is 5.69 Å². The monoisotopic (exact) mass is 375 g/mol. The topological polar surface area (TPSA) is 83.0 Å². The number of nitro benzene ring substituents is 1. The van der Waals surface area contributed by atoms with Crippen LogP contribution >= 0.6 is 31.9 Å². The number of nitrogens with zero attached hydrogens (tertiary/aromatic N) is 3. The number of benzene rings is 1. The summed E-state index contributed by atoms with van der Waals surface area (Å²) in [6.07, 6.45) is 0. The molecule has 94 valence electrons. The van der Waals surface area contributed by atoms with Crippen molar-refractivity contribution in [3.05, 3.63) is 44.9 Å². The first kappa shape index (κ1) is 13.2. The van der Waals surface area contributed by atoms with Crippen molar-refractivity contribution in [2.45, 2.75) is 10.7 Å². The van der Waals surface area contributed by atoms with Crippen LogP contribution in [-0.4, -0.2) is 9.91 Å². The van der Waals surface area contributed by atoms with Gasteiger partial charge in [0.2, 0.25) is 11.2 Å². The van der Waals surface area contributed by atoms with Gasteiger partial charge in [0, 0.05) is 18.2 Å². The summed E-state index contributed by atoms with van der Waals surface area (Å²) < 4.78 is 0.747. The lowest BCUT2D eigenvalue weighted by Gasteiger charge is -2.08. The number of halogens is 2. The molecular formula is C10H7Br2N3O3. The summed E-state index contributed by atoms with van der Waals surface area (Å²) in [4.78, 5) is 14.4. The maximum atomic E-state index is 12.1. The summed E-state index contributed by atoms with van der Waals surface area (Å²) in [5.41, 5.74) is 1.61. The summed E-state index contributed by atoms with van der Waals surface area (Å²) in [5, 5.41) is 23.5. The molecule has 0 aliphatic carbocycles. The summed E-state index contributed by atoms with van der Waals surface area (Å²) in [5.74, 6) is 0. The van der Waals surface area contributed by atoms with Crippen LogP contribution in [0.5, 0.6) is 0 Å². The SMILES string of the molecule is O=[N+]([O-])c1ccc2c(c1)nc(CBr)c(CBr)[n+]2[O-]. The molecule has 6 nitrogen and oxygen atoms in total. The Labute approximate surface area is 119 Å². The van der Waals surface area contributed by atoms with Gasteiger partial charge in [0.1, 0.15) is 11.2 Å². The third kappa shape index (κ3) is 2.17. The van der Waals surface area contributed by atoms with Gasteiger partial charge in [0.15, 0.2) is 0 Å². The zero-order chi connectivity index (χ0) is 13.3. The van der Waals surface area contributed by atoms with Crippen molar-refractivity contribution in [2.75, 3.05) is 0 Å². The largest absolute Gasteiger partial charge is 0.618 e. The first-order chi connectivity index (χ1) is 8.58. The molecule has 0 fully saturated rings. The number of nitro groups is 1. The molecule has 0 saturated carbocycles. The van der Waals surface area contributed by atoms with E-state index in [1.807, 2.05) is 0 Å². The number of non-ortho nitro benzene ring substituents is 1. The lowest BCUT2D eigenvalue weighted by atomic mass is 10.2. The molecule has 1 heterocycles. The van der Waals surface area contributed by atoms with Gasteiger partial charge in [-0.05, 0) is 0 Å². The minimum absolute atomic E-state index is 0.0814. The molecule has 2 rings (SSSR count). The predicted molar refractivity (Wildman–Crippen MR) is 72.6 cm³/mol. The molecule has 2 aromatic rings. The molecule has 0 N–H and O–H groups in total. The number of alkyl halides is 2. The average Bonchev–Trinajstić information content (AvgIpc) is 2.37. The summed E-state index contributed by atoms with van der Waals surface area (Å²) >= 11 is 6.48. The maximum absolute atomic E-state index is 12.1. The molecule has 0 aliphatic heterocycles. The summed E-state index contributed by atoms with van der Waals surface area (Å²) in [7, 11) is 0. The van der Waals surface area contributed by atoms with Crippen LogP contribution in [0.2, 0.25) is 0 Å². The van der Waals surface area contributed by atoms with Crippen molar-refractivity contribution >= 4 is 48.6 Å². The van der Waals surface area contributed by atoms with Gasteiger partial charge < -0.3 is 5.21 Å². The standard InChI is InChI=1S/C10H7Br2N3O3/c11-4-8-10(5-12)14(16)9-2-1-6(15(17)18)3-7(9)13-8/h1-3H,4-5H2. The Kier molecular flexibility index (Phi) is 3.76. The second kappa shape index (κ2) is 5.15. The highest BCUT2D eigenvalue weighted by atomic mass is 79.9. The molecule has 0 unspecified atom stereocenters. The molecule has 0 radical (unpaired) electrons. The average molecular weight is 377 g/mol. The Bertz CT molecular complexity index is 633. The van der Waals surface area contributed by atoms with Gasteiger partial charge in [-0.2, -0.15) is 4.73 Å². The molecule has 0 amide bonds. The van der Waals surface area contributed by atoms with Gasteiger partial charge in [0.05, 0.1) is 15.6 Å². The highest BCUT2D eigenvalue weighted by molar-refractivity contribution is 9.09. The molecule has 1 aromatic heterocycles. The van der Waals surface area contributed by atoms with Crippen LogP contribution in [0.1, 0.15) is 11.4 Å². The third-order valence-electron chi connectivity index (χ3n) is 2.48. The Morgan fingerprint density at radius 1 is 1.33 bits per heavy atom. The molecule has 8 heteroatoms. The van der Waals surface area contributed by atoms with Crippen molar-refractivity contribution in [3.63, 3.8) is 0 Å². The van der Waals surface area contributed by atoms with Crippen molar-refractivity contribution in [1.29, 1.82) is 0 Å². The van der Waals surface area contributed by atoms with E-state index >= 15 is 0 Å². The van der Waals surface area contributed by atoms with E-state index in [1.54, 1.807) is 0 Å². The van der Waals surface area contributed by atoms with Gasteiger partial charge in [-0.1, -0.05) is 31.9 Å². The Balaban J connectivity index is 2.77. The fraction of sp³-hybridized carbons (Fsp3) is 0.200. The molecule has 1 aromatic carbocycles. The van der Waals surface area contributed by atoms with Crippen molar-refractivity contribution in [3.8, 4) is 0 Å². The molecule has 0 aliphatic rings. The zero-order valence-corrected chi connectivity index (χ0v) is 12.1. The van der Waals surface area contributed by atoms with E-state index in [4.69, 9.17) is 0 Å². The number of rotatable bonds is 3. The zero-order valence-electron chi connectivity index (χ0n) is 8.97. The molecule has 0 atom stereocenters. The Morgan fingerprint density at radius 2 is 2.06 bits per heavy atom. The number of hydrogen-bond donors (Lipinski definition) is 0. The van der Waals surface area contributed by atoms with Gasteiger partial charge in [-0.15, -0.1) is 0 Å². The first-order valence-electron chi connectivity index (χ1n) is 4.90. The minimum atomic E-state index is -0.511. The van der Waals surface area contributed by atoms with E-state index in [2.05, 4.69) is 36.8 Å². The van der Waals surface area contributed by atoms with E-state index in [0.29, 0.717) is 33.1 Å². The maximum Gasteiger partial charge on any atom is 0.272 e. The lowest BCUT2D eigenvalue weighted by molar-refractivity contribution is -0.585. The fourth-order valence-electron chi connectivity index (χ4n) is 1.60. The molecule has 0 bridgehead atoms. The van der Waals surface area contributed by atoms with E-state index in [1.165, 1.54) is 18.2 Å².